The topological polar surface area (TPSA) is 83.8 Å². The van der Waals surface area contributed by atoms with Crippen molar-refractivity contribution >= 4 is 22.2 Å². The van der Waals surface area contributed by atoms with Crippen LogP contribution in [0.2, 0.25) is 0 Å². The first-order chi connectivity index (χ1) is 13.2. The molecule has 0 saturated carbocycles. The van der Waals surface area contributed by atoms with Crippen LogP contribution in [0.4, 0.5) is 0 Å². The Morgan fingerprint density at radius 2 is 2.11 bits per heavy atom. The monoisotopic (exact) mass is 360 g/mol. The quantitative estimate of drug-likeness (QED) is 0.490. The highest BCUT2D eigenvalue weighted by molar-refractivity contribution is 5.83. The maximum atomic E-state index is 5.49. The van der Waals surface area contributed by atoms with Crippen molar-refractivity contribution < 1.29 is 9.15 Å². The molecular weight excluding hydrogens is 344 g/mol. The van der Waals surface area contributed by atoms with Crippen molar-refractivity contribution in [3.05, 3.63) is 60.8 Å². The van der Waals surface area contributed by atoms with E-state index in [1.54, 1.807) is 19.6 Å². The summed E-state index contributed by atoms with van der Waals surface area (Å²) in [6, 6.07) is 7.81. The van der Waals surface area contributed by atoms with Gasteiger partial charge in [0.25, 0.3) is 0 Å². The van der Waals surface area contributed by atoms with Gasteiger partial charge >= 0.3 is 0 Å². The fourth-order valence-electron chi connectivity index (χ4n) is 3.31. The number of nitrogens with zero attached hydrogens (tertiary/aromatic N) is 6. The third kappa shape index (κ3) is 2.45. The zero-order chi connectivity index (χ0) is 18.4. The van der Waals surface area contributed by atoms with E-state index in [1.807, 2.05) is 35.9 Å². The molecule has 5 aromatic rings. The summed E-state index contributed by atoms with van der Waals surface area (Å²) in [6.07, 6.45) is 6.89. The van der Waals surface area contributed by atoms with Gasteiger partial charge in [-0.05, 0) is 31.2 Å². The highest BCUT2D eigenvalue weighted by Gasteiger charge is 2.15. The van der Waals surface area contributed by atoms with Crippen LogP contribution in [0.3, 0.4) is 0 Å². The predicted molar refractivity (Wildman–Crippen MR) is 99.1 cm³/mol. The molecule has 0 aliphatic carbocycles. The van der Waals surface area contributed by atoms with Crippen LogP contribution >= 0.6 is 0 Å². The van der Waals surface area contributed by atoms with E-state index in [-0.39, 0.29) is 0 Å². The molecule has 0 aliphatic rings. The molecule has 0 amide bonds. The minimum Gasteiger partial charge on any atom is -0.479 e. The molecule has 8 nitrogen and oxygen atoms in total. The second kappa shape index (κ2) is 5.94. The van der Waals surface area contributed by atoms with Crippen molar-refractivity contribution in [2.45, 2.75) is 13.5 Å². The van der Waals surface area contributed by atoms with Gasteiger partial charge < -0.3 is 18.3 Å². The molecule has 0 aromatic carbocycles. The minimum atomic E-state index is 0.519. The molecule has 5 heterocycles. The third-order valence-electron chi connectivity index (χ3n) is 4.59. The molecule has 5 aromatic heterocycles. The van der Waals surface area contributed by atoms with E-state index in [0.29, 0.717) is 18.1 Å². The molecule has 0 fully saturated rings. The van der Waals surface area contributed by atoms with Crippen molar-refractivity contribution in [2.24, 2.45) is 0 Å². The summed E-state index contributed by atoms with van der Waals surface area (Å²) in [6.45, 7) is 2.56. The lowest BCUT2D eigenvalue weighted by atomic mass is 10.3. The van der Waals surface area contributed by atoms with E-state index in [9.17, 15) is 0 Å². The minimum absolute atomic E-state index is 0.519. The average Bonchev–Trinajstić information content (AvgIpc) is 3.41. The third-order valence-corrected chi connectivity index (χ3v) is 4.59. The number of hydrogen-bond acceptors (Lipinski definition) is 6. The van der Waals surface area contributed by atoms with Crippen molar-refractivity contribution in [3.8, 4) is 11.6 Å². The van der Waals surface area contributed by atoms with E-state index in [1.165, 1.54) is 6.33 Å². The molecule has 27 heavy (non-hydrogen) atoms. The Kier molecular flexibility index (Phi) is 3.43. The molecule has 0 aliphatic heterocycles. The number of furan rings is 1. The van der Waals surface area contributed by atoms with Crippen LogP contribution in [-0.2, 0) is 6.54 Å². The predicted octanol–water partition coefficient (Wildman–Crippen LogP) is 3.12. The molecule has 0 radical (unpaired) electrons. The maximum Gasteiger partial charge on any atom is 0.241 e. The lowest BCUT2D eigenvalue weighted by molar-refractivity contribution is 0.401. The molecule has 0 spiro atoms. The van der Waals surface area contributed by atoms with Crippen LogP contribution < -0.4 is 4.74 Å². The zero-order valence-electron chi connectivity index (χ0n) is 14.8. The van der Waals surface area contributed by atoms with Crippen LogP contribution in [0.15, 0.2) is 53.7 Å². The summed E-state index contributed by atoms with van der Waals surface area (Å²) in [5.41, 5.74) is 4.12. The molecule has 0 saturated heterocycles. The number of ether oxygens (including phenoxy) is 1. The number of aryl methyl sites for hydroxylation is 1. The summed E-state index contributed by atoms with van der Waals surface area (Å²) in [4.78, 5) is 17.6. The molecule has 0 unspecified atom stereocenters. The van der Waals surface area contributed by atoms with Gasteiger partial charge in [0.1, 0.15) is 23.4 Å². The van der Waals surface area contributed by atoms with E-state index in [0.717, 1.165) is 33.8 Å². The van der Waals surface area contributed by atoms with Gasteiger partial charge in [-0.25, -0.2) is 15.0 Å². The van der Waals surface area contributed by atoms with Gasteiger partial charge in [-0.2, -0.15) is 4.98 Å². The van der Waals surface area contributed by atoms with Crippen molar-refractivity contribution in [3.63, 3.8) is 0 Å². The molecule has 5 rings (SSSR count). The Hall–Kier alpha value is -3.68. The molecule has 0 bridgehead atoms. The highest BCUT2D eigenvalue weighted by atomic mass is 16.5. The molecule has 0 N–H and O–H groups in total. The fraction of sp³-hybridized carbons (Fsp3) is 0.158. The normalized spacial score (nSPS) is 11.5. The summed E-state index contributed by atoms with van der Waals surface area (Å²) in [5, 5.41) is 0. The van der Waals surface area contributed by atoms with Crippen LogP contribution in [0.25, 0.3) is 27.9 Å². The molecule has 8 heteroatoms. The number of methoxy groups -OCH3 is 1. The van der Waals surface area contributed by atoms with Crippen molar-refractivity contribution in [1.82, 2.24) is 29.1 Å². The van der Waals surface area contributed by atoms with Gasteiger partial charge in [-0.15, -0.1) is 0 Å². The molecule has 134 valence electrons. The Balaban J connectivity index is 1.69. The van der Waals surface area contributed by atoms with Gasteiger partial charge in [0.05, 0.1) is 42.8 Å². The smallest absolute Gasteiger partial charge is 0.241 e. The van der Waals surface area contributed by atoms with E-state index in [4.69, 9.17) is 9.15 Å². The number of pyridine rings is 1. The largest absolute Gasteiger partial charge is 0.479 e. The number of imidazole rings is 1. The standard InChI is InChI=1S/C19H16N6O2/c1-12-23-18-16(25(12)10-14-4-3-7-27-14)8-13(9-20-18)24-6-5-15-17(24)19(26-2)22-11-21-15/h3-9,11H,10H2,1-2H3. The van der Waals surface area contributed by atoms with Crippen LogP contribution in [-0.4, -0.2) is 36.2 Å². The summed E-state index contributed by atoms with van der Waals surface area (Å²) >= 11 is 0. The number of rotatable bonds is 4. The SMILES string of the molecule is COc1ncnc2ccn(-c3cnc4nc(C)n(Cc5ccco5)c4c3)c12. The first-order valence-corrected chi connectivity index (χ1v) is 8.46. The first kappa shape index (κ1) is 15.6. The number of aromatic nitrogens is 6. The second-order valence-electron chi connectivity index (χ2n) is 6.16. The summed E-state index contributed by atoms with van der Waals surface area (Å²) < 4.78 is 15.0. The Labute approximate surface area is 154 Å². The molecular formula is C19H16N6O2. The van der Waals surface area contributed by atoms with Gasteiger partial charge in [0.15, 0.2) is 5.65 Å². The Bertz CT molecular complexity index is 1250. The number of fused-ring (bicyclic) bond motifs is 2. The lowest BCUT2D eigenvalue weighted by Crippen LogP contribution is -2.02. The maximum absolute atomic E-state index is 5.49. The van der Waals surface area contributed by atoms with Gasteiger partial charge in [0.2, 0.25) is 5.88 Å². The van der Waals surface area contributed by atoms with Crippen molar-refractivity contribution in [1.29, 1.82) is 0 Å². The average molecular weight is 360 g/mol. The first-order valence-electron chi connectivity index (χ1n) is 8.46. The summed E-state index contributed by atoms with van der Waals surface area (Å²) in [5.74, 6) is 2.26. The lowest BCUT2D eigenvalue weighted by Gasteiger charge is -2.09. The second-order valence-corrected chi connectivity index (χ2v) is 6.16. The van der Waals surface area contributed by atoms with Crippen LogP contribution in [0.5, 0.6) is 5.88 Å². The fourth-order valence-corrected chi connectivity index (χ4v) is 3.31. The zero-order valence-corrected chi connectivity index (χ0v) is 14.8. The highest BCUT2D eigenvalue weighted by Crippen LogP contribution is 2.27. The van der Waals surface area contributed by atoms with E-state index in [2.05, 4.69) is 30.6 Å². The van der Waals surface area contributed by atoms with Gasteiger partial charge in [0, 0.05) is 6.20 Å². The Morgan fingerprint density at radius 1 is 1.19 bits per heavy atom. The van der Waals surface area contributed by atoms with Gasteiger partial charge in [-0.3, -0.25) is 0 Å². The van der Waals surface area contributed by atoms with E-state index < -0.39 is 0 Å². The number of hydrogen-bond donors (Lipinski definition) is 0. The van der Waals surface area contributed by atoms with Gasteiger partial charge in [-0.1, -0.05) is 0 Å². The molecule has 0 atom stereocenters. The van der Waals surface area contributed by atoms with E-state index >= 15 is 0 Å². The van der Waals surface area contributed by atoms with Crippen LogP contribution in [0, 0.1) is 6.92 Å². The Morgan fingerprint density at radius 3 is 2.93 bits per heavy atom. The van der Waals surface area contributed by atoms with Crippen molar-refractivity contribution in [2.75, 3.05) is 7.11 Å². The summed E-state index contributed by atoms with van der Waals surface area (Å²) in [7, 11) is 1.60. The van der Waals surface area contributed by atoms with Crippen LogP contribution in [0.1, 0.15) is 11.6 Å².